The van der Waals surface area contributed by atoms with Gasteiger partial charge in [-0.3, -0.25) is 4.79 Å². The van der Waals surface area contributed by atoms with Crippen molar-refractivity contribution in [1.29, 1.82) is 0 Å². The predicted molar refractivity (Wildman–Crippen MR) is 79.1 cm³/mol. The quantitative estimate of drug-likeness (QED) is 0.663. The number of esters is 1. The summed E-state index contributed by atoms with van der Waals surface area (Å²) in [5.74, 6) is 1.34. The molecule has 0 aromatic carbocycles. The van der Waals surface area contributed by atoms with E-state index in [9.17, 15) is 4.79 Å². The first-order valence-corrected chi connectivity index (χ1v) is 7.87. The number of methoxy groups -OCH3 is 1. The van der Waals surface area contributed by atoms with E-state index in [1.165, 1.54) is 52.3 Å². The van der Waals surface area contributed by atoms with E-state index < -0.39 is 0 Å². The van der Waals surface area contributed by atoms with Crippen LogP contribution < -0.4 is 0 Å². The monoisotopic (exact) mass is 269 g/mol. The van der Waals surface area contributed by atoms with Crippen LogP contribution in [-0.2, 0) is 9.53 Å². The van der Waals surface area contributed by atoms with Gasteiger partial charge < -0.3 is 9.64 Å². The van der Waals surface area contributed by atoms with Gasteiger partial charge in [-0.05, 0) is 64.3 Å². The van der Waals surface area contributed by atoms with E-state index in [-0.39, 0.29) is 5.97 Å². The van der Waals surface area contributed by atoms with E-state index in [1.807, 2.05) is 0 Å². The molecule has 19 heavy (non-hydrogen) atoms. The highest BCUT2D eigenvalue weighted by molar-refractivity contribution is 5.69. The van der Waals surface area contributed by atoms with Crippen LogP contribution in [0.15, 0.2) is 0 Å². The van der Waals surface area contributed by atoms with E-state index in [2.05, 4.69) is 25.7 Å². The normalized spacial score (nSPS) is 23.9. The molecule has 0 heterocycles. The standard InChI is InChI=1S/C16H31NO2/c1-5-10-17(13(2)3)12-15-8-6-14(7-9-15)11-16(18)19-4/h13-15H,5-12H2,1-4H3/t14-,15-. The minimum atomic E-state index is -0.0433. The number of rotatable bonds is 7. The van der Waals surface area contributed by atoms with Crippen molar-refractivity contribution in [3.8, 4) is 0 Å². The average Bonchev–Trinajstić information content (AvgIpc) is 2.40. The molecule has 1 rings (SSSR count). The van der Waals surface area contributed by atoms with Gasteiger partial charge in [0.25, 0.3) is 0 Å². The Balaban J connectivity index is 2.30. The molecule has 112 valence electrons. The van der Waals surface area contributed by atoms with Crippen molar-refractivity contribution >= 4 is 5.97 Å². The molecule has 0 radical (unpaired) electrons. The van der Waals surface area contributed by atoms with Crippen molar-refractivity contribution in [2.45, 2.75) is 65.3 Å². The lowest BCUT2D eigenvalue weighted by Gasteiger charge is -2.34. The van der Waals surface area contributed by atoms with Gasteiger partial charge in [0.15, 0.2) is 0 Å². The number of ether oxygens (including phenoxy) is 1. The highest BCUT2D eigenvalue weighted by Crippen LogP contribution is 2.31. The Morgan fingerprint density at radius 1 is 1.21 bits per heavy atom. The maximum Gasteiger partial charge on any atom is 0.305 e. The van der Waals surface area contributed by atoms with Gasteiger partial charge in [-0.25, -0.2) is 0 Å². The van der Waals surface area contributed by atoms with Crippen molar-refractivity contribution in [1.82, 2.24) is 4.90 Å². The minimum absolute atomic E-state index is 0.0433. The molecule has 0 amide bonds. The second kappa shape index (κ2) is 8.57. The molecule has 0 spiro atoms. The number of hydrogen-bond donors (Lipinski definition) is 0. The van der Waals surface area contributed by atoms with E-state index in [1.54, 1.807) is 0 Å². The van der Waals surface area contributed by atoms with Crippen LogP contribution in [0.5, 0.6) is 0 Å². The predicted octanol–water partition coefficient (Wildman–Crippen LogP) is 3.48. The summed E-state index contributed by atoms with van der Waals surface area (Å²) in [6.45, 7) is 9.27. The fourth-order valence-electron chi connectivity index (χ4n) is 3.12. The molecule has 1 fully saturated rings. The second-order valence-electron chi connectivity index (χ2n) is 6.26. The summed E-state index contributed by atoms with van der Waals surface area (Å²) in [6.07, 6.45) is 6.78. The first-order valence-electron chi connectivity index (χ1n) is 7.87. The third-order valence-corrected chi connectivity index (χ3v) is 4.38. The highest BCUT2D eigenvalue weighted by Gasteiger charge is 2.25. The molecule has 1 aliphatic rings. The summed E-state index contributed by atoms with van der Waals surface area (Å²) in [5.41, 5.74) is 0. The molecule has 0 N–H and O–H groups in total. The van der Waals surface area contributed by atoms with E-state index in [4.69, 9.17) is 4.74 Å². The van der Waals surface area contributed by atoms with Crippen molar-refractivity contribution < 1.29 is 9.53 Å². The van der Waals surface area contributed by atoms with E-state index in [0.29, 0.717) is 18.4 Å². The first kappa shape index (κ1) is 16.5. The largest absolute Gasteiger partial charge is 0.469 e. The molecule has 0 unspecified atom stereocenters. The summed E-state index contributed by atoms with van der Waals surface area (Å²) in [5, 5.41) is 0. The van der Waals surface area contributed by atoms with Crippen molar-refractivity contribution in [3.05, 3.63) is 0 Å². The van der Waals surface area contributed by atoms with Gasteiger partial charge in [-0.1, -0.05) is 6.92 Å². The van der Waals surface area contributed by atoms with Crippen LogP contribution in [0.3, 0.4) is 0 Å². The lowest BCUT2D eigenvalue weighted by atomic mass is 9.80. The van der Waals surface area contributed by atoms with Crippen molar-refractivity contribution in [2.75, 3.05) is 20.2 Å². The fraction of sp³-hybridized carbons (Fsp3) is 0.938. The van der Waals surface area contributed by atoms with Gasteiger partial charge in [0.1, 0.15) is 0 Å². The summed E-state index contributed by atoms with van der Waals surface area (Å²) in [7, 11) is 1.49. The zero-order valence-electron chi connectivity index (χ0n) is 13.2. The van der Waals surface area contributed by atoms with Crippen LogP contribution >= 0.6 is 0 Å². The van der Waals surface area contributed by atoms with Crippen LogP contribution in [0.4, 0.5) is 0 Å². The third-order valence-electron chi connectivity index (χ3n) is 4.38. The molecular weight excluding hydrogens is 238 g/mol. The van der Waals surface area contributed by atoms with E-state index in [0.717, 1.165) is 5.92 Å². The van der Waals surface area contributed by atoms with Gasteiger partial charge in [0, 0.05) is 19.0 Å². The topological polar surface area (TPSA) is 29.5 Å². The Hall–Kier alpha value is -0.570. The van der Waals surface area contributed by atoms with E-state index >= 15 is 0 Å². The third kappa shape index (κ3) is 5.94. The molecular formula is C16H31NO2. The SMILES string of the molecule is CCCN(C[C@H]1CC[C@H](CC(=O)OC)CC1)C(C)C. The van der Waals surface area contributed by atoms with Crippen LogP contribution in [0.1, 0.15) is 59.3 Å². The van der Waals surface area contributed by atoms with Gasteiger partial charge in [-0.2, -0.15) is 0 Å². The lowest BCUT2D eigenvalue weighted by Crippen LogP contribution is -2.37. The highest BCUT2D eigenvalue weighted by atomic mass is 16.5. The maximum absolute atomic E-state index is 11.3. The summed E-state index contributed by atoms with van der Waals surface area (Å²) in [6, 6.07) is 0.646. The fourth-order valence-corrected chi connectivity index (χ4v) is 3.12. The number of carbonyl (C=O) groups is 1. The molecule has 0 aromatic heterocycles. The van der Waals surface area contributed by atoms with Crippen molar-refractivity contribution in [2.24, 2.45) is 11.8 Å². The molecule has 0 saturated heterocycles. The summed E-state index contributed by atoms with van der Waals surface area (Å²) in [4.78, 5) is 13.9. The van der Waals surface area contributed by atoms with Gasteiger partial charge >= 0.3 is 5.97 Å². The number of hydrogen-bond acceptors (Lipinski definition) is 3. The second-order valence-corrected chi connectivity index (χ2v) is 6.26. The molecule has 1 aliphatic carbocycles. The zero-order chi connectivity index (χ0) is 14.3. The van der Waals surface area contributed by atoms with Crippen LogP contribution in [0.2, 0.25) is 0 Å². The summed E-state index contributed by atoms with van der Waals surface area (Å²) < 4.78 is 4.76. The Morgan fingerprint density at radius 2 is 1.79 bits per heavy atom. The van der Waals surface area contributed by atoms with Crippen molar-refractivity contribution in [3.63, 3.8) is 0 Å². The zero-order valence-corrected chi connectivity index (χ0v) is 13.2. The molecule has 0 aliphatic heterocycles. The molecule has 0 atom stereocenters. The maximum atomic E-state index is 11.3. The molecule has 3 heteroatoms. The van der Waals surface area contributed by atoms with Gasteiger partial charge in [0.05, 0.1) is 7.11 Å². The van der Waals surface area contributed by atoms with Gasteiger partial charge in [-0.15, -0.1) is 0 Å². The van der Waals surface area contributed by atoms with Crippen LogP contribution in [0, 0.1) is 11.8 Å². The number of carbonyl (C=O) groups excluding carboxylic acids is 1. The molecule has 0 bridgehead atoms. The Morgan fingerprint density at radius 3 is 2.26 bits per heavy atom. The molecule has 3 nitrogen and oxygen atoms in total. The minimum Gasteiger partial charge on any atom is -0.469 e. The summed E-state index contributed by atoms with van der Waals surface area (Å²) >= 11 is 0. The Kier molecular flexibility index (Phi) is 7.44. The van der Waals surface area contributed by atoms with Crippen LogP contribution in [0.25, 0.3) is 0 Å². The average molecular weight is 269 g/mol. The number of nitrogens with zero attached hydrogens (tertiary/aromatic N) is 1. The Bertz CT molecular complexity index is 257. The molecule has 0 aromatic rings. The lowest BCUT2D eigenvalue weighted by molar-refractivity contribution is -0.142. The smallest absolute Gasteiger partial charge is 0.305 e. The van der Waals surface area contributed by atoms with Crippen LogP contribution in [-0.4, -0.2) is 37.1 Å². The molecule has 1 saturated carbocycles. The first-order chi connectivity index (χ1) is 9.06. The van der Waals surface area contributed by atoms with Gasteiger partial charge in [0.2, 0.25) is 0 Å². The Labute approximate surface area is 118 Å².